The Morgan fingerprint density at radius 3 is 2.57 bits per heavy atom. The van der Waals surface area contributed by atoms with Gasteiger partial charge in [0, 0.05) is 37.9 Å². The minimum atomic E-state index is 0.745. The molecule has 1 aromatic carbocycles. The fourth-order valence-corrected chi connectivity index (χ4v) is 3.55. The number of likely N-dealkylation sites (tertiary alicyclic amines) is 1. The van der Waals surface area contributed by atoms with Gasteiger partial charge in [0.05, 0.1) is 0 Å². The lowest BCUT2D eigenvalue weighted by molar-refractivity contribution is 0.103. The fourth-order valence-electron chi connectivity index (χ4n) is 3.55. The van der Waals surface area contributed by atoms with E-state index in [4.69, 9.17) is 5.73 Å². The van der Waals surface area contributed by atoms with Crippen LogP contribution in [0.1, 0.15) is 24.0 Å². The van der Waals surface area contributed by atoms with Crippen LogP contribution < -0.4 is 5.73 Å². The number of nitrogens with zero attached hydrogens (tertiary/aromatic N) is 3. The number of nitrogens with two attached hydrogens (primary N) is 1. The Hall–Kier alpha value is -1.10. The van der Waals surface area contributed by atoms with Gasteiger partial charge < -0.3 is 15.5 Å². The van der Waals surface area contributed by atoms with Crippen LogP contribution in [0.3, 0.4) is 0 Å². The molecule has 0 aromatic heterocycles. The second kappa shape index (κ2) is 6.34. The molecule has 0 bridgehead atoms. The van der Waals surface area contributed by atoms with E-state index in [1.807, 2.05) is 6.07 Å². The second-order valence-electron chi connectivity index (χ2n) is 6.81. The van der Waals surface area contributed by atoms with Crippen molar-refractivity contribution in [3.05, 3.63) is 29.3 Å². The van der Waals surface area contributed by atoms with Crippen molar-refractivity contribution in [3.63, 3.8) is 0 Å². The van der Waals surface area contributed by atoms with Gasteiger partial charge in [-0.25, -0.2) is 0 Å². The van der Waals surface area contributed by atoms with E-state index in [-0.39, 0.29) is 0 Å². The Morgan fingerprint density at radius 2 is 1.86 bits per heavy atom. The maximum atomic E-state index is 5.90. The predicted octanol–water partition coefficient (Wildman–Crippen LogP) is 1.61. The highest BCUT2D eigenvalue weighted by Gasteiger charge is 2.28. The molecule has 0 spiro atoms. The van der Waals surface area contributed by atoms with E-state index in [9.17, 15) is 0 Å². The Kier molecular flexibility index (Phi) is 4.48. The quantitative estimate of drug-likeness (QED) is 0.854. The molecule has 2 heterocycles. The number of anilines is 1. The molecule has 0 amide bonds. The average molecular weight is 288 g/mol. The Labute approximate surface area is 128 Å². The van der Waals surface area contributed by atoms with E-state index in [0.29, 0.717) is 0 Å². The van der Waals surface area contributed by atoms with E-state index >= 15 is 0 Å². The molecule has 1 saturated heterocycles. The van der Waals surface area contributed by atoms with Gasteiger partial charge in [0.1, 0.15) is 0 Å². The van der Waals surface area contributed by atoms with Crippen LogP contribution in [0.2, 0.25) is 0 Å². The van der Waals surface area contributed by atoms with Crippen LogP contribution in [0.25, 0.3) is 0 Å². The Morgan fingerprint density at radius 1 is 1.14 bits per heavy atom. The summed E-state index contributed by atoms with van der Waals surface area (Å²) in [5, 5.41) is 0. The SMILES string of the molecule is CN(C)CCN1CCC(N2Cc3ccc(N)cc3C2)CC1. The summed E-state index contributed by atoms with van der Waals surface area (Å²) in [5.74, 6) is 0. The number of piperidine rings is 1. The third-order valence-corrected chi connectivity index (χ3v) is 4.91. The number of fused-ring (bicyclic) bond motifs is 1. The summed E-state index contributed by atoms with van der Waals surface area (Å²) in [6, 6.07) is 7.14. The van der Waals surface area contributed by atoms with E-state index in [0.717, 1.165) is 24.8 Å². The Bertz CT molecular complexity index is 478. The van der Waals surface area contributed by atoms with Crippen molar-refractivity contribution in [1.29, 1.82) is 0 Å². The lowest BCUT2D eigenvalue weighted by Crippen LogP contribution is -2.44. The van der Waals surface area contributed by atoms with Gasteiger partial charge in [-0.2, -0.15) is 0 Å². The molecular formula is C17H28N4. The summed E-state index contributed by atoms with van der Waals surface area (Å²) in [5.41, 5.74) is 9.71. The van der Waals surface area contributed by atoms with E-state index in [2.05, 4.69) is 40.9 Å². The summed E-state index contributed by atoms with van der Waals surface area (Å²) in [6.07, 6.45) is 2.60. The first kappa shape index (κ1) is 14.8. The first-order valence-corrected chi connectivity index (χ1v) is 8.10. The lowest BCUT2D eigenvalue weighted by Gasteiger charge is -2.37. The van der Waals surface area contributed by atoms with Crippen molar-refractivity contribution in [3.8, 4) is 0 Å². The summed E-state index contributed by atoms with van der Waals surface area (Å²) >= 11 is 0. The van der Waals surface area contributed by atoms with E-state index in [1.165, 1.54) is 50.1 Å². The molecule has 3 rings (SSSR count). The van der Waals surface area contributed by atoms with Crippen molar-refractivity contribution >= 4 is 5.69 Å². The van der Waals surface area contributed by atoms with Crippen molar-refractivity contribution in [1.82, 2.24) is 14.7 Å². The van der Waals surface area contributed by atoms with Crippen molar-refractivity contribution in [2.45, 2.75) is 32.0 Å². The van der Waals surface area contributed by atoms with Crippen LogP contribution in [-0.4, -0.2) is 61.0 Å². The molecule has 0 aliphatic carbocycles. The number of benzene rings is 1. The standard InChI is InChI=1S/C17H28N4/c1-19(2)9-10-20-7-5-17(6-8-20)21-12-14-3-4-16(18)11-15(14)13-21/h3-4,11,17H,5-10,12-13,18H2,1-2H3. The monoisotopic (exact) mass is 288 g/mol. The third kappa shape index (κ3) is 3.57. The van der Waals surface area contributed by atoms with Gasteiger partial charge in [-0.05, 0) is 63.3 Å². The molecule has 1 fully saturated rings. The van der Waals surface area contributed by atoms with Gasteiger partial charge >= 0.3 is 0 Å². The second-order valence-corrected chi connectivity index (χ2v) is 6.81. The van der Waals surface area contributed by atoms with Crippen LogP contribution in [-0.2, 0) is 13.1 Å². The third-order valence-electron chi connectivity index (χ3n) is 4.91. The molecule has 2 N–H and O–H groups in total. The van der Waals surface area contributed by atoms with Gasteiger partial charge in [-0.1, -0.05) is 6.07 Å². The van der Waals surface area contributed by atoms with Gasteiger partial charge in [-0.15, -0.1) is 0 Å². The highest BCUT2D eigenvalue weighted by molar-refractivity contribution is 5.46. The lowest BCUT2D eigenvalue weighted by atomic mass is 10.0. The van der Waals surface area contributed by atoms with Gasteiger partial charge in [0.15, 0.2) is 0 Å². The maximum Gasteiger partial charge on any atom is 0.0317 e. The zero-order valence-corrected chi connectivity index (χ0v) is 13.4. The first-order chi connectivity index (χ1) is 10.1. The largest absolute Gasteiger partial charge is 0.399 e. The molecule has 0 saturated carbocycles. The highest BCUT2D eigenvalue weighted by Crippen LogP contribution is 2.29. The average Bonchev–Trinajstić information content (AvgIpc) is 2.88. The van der Waals surface area contributed by atoms with Crippen LogP contribution >= 0.6 is 0 Å². The molecule has 0 radical (unpaired) electrons. The number of nitrogen functional groups attached to an aromatic ring is 1. The Balaban J connectivity index is 1.50. The van der Waals surface area contributed by atoms with Gasteiger partial charge in [0.25, 0.3) is 0 Å². The minimum absolute atomic E-state index is 0.745. The number of hydrogen-bond donors (Lipinski definition) is 1. The van der Waals surface area contributed by atoms with E-state index in [1.54, 1.807) is 0 Å². The maximum absolute atomic E-state index is 5.90. The van der Waals surface area contributed by atoms with Gasteiger partial charge in [0.2, 0.25) is 0 Å². The van der Waals surface area contributed by atoms with Crippen molar-refractivity contribution in [2.75, 3.05) is 46.0 Å². The van der Waals surface area contributed by atoms with Gasteiger partial charge in [-0.3, -0.25) is 4.90 Å². The summed E-state index contributed by atoms with van der Waals surface area (Å²) in [6.45, 7) is 7.05. The molecule has 2 aliphatic rings. The number of likely N-dealkylation sites (N-methyl/N-ethyl adjacent to an activating group) is 1. The molecule has 116 valence electrons. The van der Waals surface area contributed by atoms with Crippen LogP contribution in [0.5, 0.6) is 0 Å². The molecular weight excluding hydrogens is 260 g/mol. The predicted molar refractivity (Wildman–Crippen MR) is 88.1 cm³/mol. The fraction of sp³-hybridized carbons (Fsp3) is 0.647. The molecule has 2 aliphatic heterocycles. The summed E-state index contributed by atoms with van der Waals surface area (Å²) < 4.78 is 0. The van der Waals surface area contributed by atoms with Crippen molar-refractivity contribution < 1.29 is 0 Å². The topological polar surface area (TPSA) is 35.7 Å². The zero-order chi connectivity index (χ0) is 14.8. The minimum Gasteiger partial charge on any atom is -0.399 e. The molecule has 4 heteroatoms. The summed E-state index contributed by atoms with van der Waals surface area (Å²) in [4.78, 5) is 7.53. The van der Waals surface area contributed by atoms with Crippen LogP contribution in [0, 0.1) is 0 Å². The van der Waals surface area contributed by atoms with Crippen LogP contribution in [0.4, 0.5) is 5.69 Å². The highest BCUT2D eigenvalue weighted by atomic mass is 15.2. The normalized spacial score (nSPS) is 21.1. The molecule has 21 heavy (non-hydrogen) atoms. The smallest absolute Gasteiger partial charge is 0.0317 e. The first-order valence-electron chi connectivity index (χ1n) is 8.10. The molecule has 0 atom stereocenters. The number of hydrogen-bond acceptors (Lipinski definition) is 4. The molecule has 0 unspecified atom stereocenters. The molecule has 1 aromatic rings. The van der Waals surface area contributed by atoms with Crippen LogP contribution in [0.15, 0.2) is 18.2 Å². The molecule has 4 nitrogen and oxygen atoms in total. The zero-order valence-electron chi connectivity index (χ0n) is 13.4. The van der Waals surface area contributed by atoms with E-state index < -0.39 is 0 Å². The van der Waals surface area contributed by atoms with Crippen molar-refractivity contribution in [2.24, 2.45) is 0 Å². The number of rotatable bonds is 4. The summed E-state index contributed by atoms with van der Waals surface area (Å²) in [7, 11) is 4.31.